The number of nitrogens with zero attached hydrogens (tertiary/aromatic N) is 1. The second-order valence-electron chi connectivity index (χ2n) is 6.59. The Labute approximate surface area is 162 Å². The van der Waals surface area contributed by atoms with Crippen LogP contribution in [0.2, 0.25) is 5.02 Å². The van der Waals surface area contributed by atoms with E-state index in [2.05, 4.69) is 17.1 Å². The van der Waals surface area contributed by atoms with Gasteiger partial charge in [-0.15, -0.1) is 0 Å². The number of carbonyl (C=O) groups excluding carboxylic acids is 1. The molecular formula is C21H21ClN2OS. The molecule has 0 unspecified atom stereocenters. The highest BCUT2D eigenvalue weighted by molar-refractivity contribution is 7.99. The third-order valence-corrected chi connectivity index (χ3v) is 6.62. The van der Waals surface area contributed by atoms with E-state index in [1.807, 2.05) is 59.3 Å². The first kappa shape index (κ1) is 17.5. The largest absolute Gasteiger partial charge is 0.361 e. The molecule has 4 rings (SSSR count). The van der Waals surface area contributed by atoms with Crippen LogP contribution < -0.4 is 0 Å². The van der Waals surface area contributed by atoms with Crippen molar-refractivity contribution >= 4 is 40.2 Å². The fraction of sp³-hybridized carbons (Fsp3) is 0.286. The number of nitrogens with one attached hydrogen (secondary N) is 1. The van der Waals surface area contributed by atoms with Crippen molar-refractivity contribution in [2.45, 2.75) is 18.1 Å². The highest BCUT2D eigenvalue weighted by Gasteiger charge is 2.23. The lowest BCUT2D eigenvalue weighted by Crippen LogP contribution is -2.34. The summed E-state index contributed by atoms with van der Waals surface area (Å²) in [6, 6.07) is 16.2. The van der Waals surface area contributed by atoms with Crippen LogP contribution in [0.4, 0.5) is 0 Å². The highest BCUT2D eigenvalue weighted by Crippen LogP contribution is 2.37. The summed E-state index contributed by atoms with van der Waals surface area (Å²) in [4.78, 5) is 18.1. The van der Waals surface area contributed by atoms with Crippen molar-refractivity contribution in [3.05, 3.63) is 70.9 Å². The summed E-state index contributed by atoms with van der Waals surface area (Å²) in [6.45, 7) is 1.58. The number of aromatic amines is 1. The first-order valence-electron chi connectivity index (χ1n) is 8.91. The first-order valence-corrected chi connectivity index (χ1v) is 10.3. The lowest BCUT2D eigenvalue weighted by molar-refractivity contribution is -0.130. The minimum absolute atomic E-state index is 0.204. The molecule has 0 aliphatic carbocycles. The number of carbonyl (C=O) groups is 1. The van der Waals surface area contributed by atoms with E-state index < -0.39 is 0 Å². The Hall–Kier alpha value is -1.91. The molecule has 134 valence electrons. The maximum atomic E-state index is 12.8. The fourth-order valence-electron chi connectivity index (χ4n) is 3.56. The van der Waals surface area contributed by atoms with Crippen molar-refractivity contribution in [3.63, 3.8) is 0 Å². The molecule has 1 amide bonds. The molecule has 1 saturated heterocycles. The zero-order valence-electron chi connectivity index (χ0n) is 14.5. The molecule has 1 aliphatic rings. The van der Waals surface area contributed by atoms with Gasteiger partial charge in [-0.05, 0) is 29.7 Å². The quantitative estimate of drug-likeness (QED) is 0.684. The standard InChI is InChI=1S/C21H21ClN2OS/c22-18-7-3-1-6-17(18)20-9-10-24(11-12-26-20)21(25)13-15-14-23-19-8-4-2-5-16(15)19/h1-8,14,20,23H,9-13H2/t20-/m0/s1. The van der Waals surface area contributed by atoms with Crippen LogP contribution in [0.15, 0.2) is 54.7 Å². The van der Waals surface area contributed by atoms with Crippen molar-refractivity contribution in [2.75, 3.05) is 18.8 Å². The van der Waals surface area contributed by atoms with E-state index in [4.69, 9.17) is 11.6 Å². The Bertz CT molecular complexity index is 923. The topological polar surface area (TPSA) is 36.1 Å². The van der Waals surface area contributed by atoms with Gasteiger partial charge in [-0.1, -0.05) is 48.0 Å². The van der Waals surface area contributed by atoms with Gasteiger partial charge in [-0.2, -0.15) is 11.8 Å². The summed E-state index contributed by atoms with van der Waals surface area (Å²) in [6.07, 6.45) is 3.35. The number of rotatable bonds is 3. The van der Waals surface area contributed by atoms with E-state index in [1.165, 1.54) is 5.56 Å². The van der Waals surface area contributed by atoms with E-state index in [0.717, 1.165) is 46.8 Å². The van der Waals surface area contributed by atoms with Gasteiger partial charge in [0.15, 0.2) is 0 Å². The summed E-state index contributed by atoms with van der Waals surface area (Å²) < 4.78 is 0. The van der Waals surface area contributed by atoms with Crippen molar-refractivity contribution in [1.29, 1.82) is 0 Å². The van der Waals surface area contributed by atoms with Crippen LogP contribution in [0.25, 0.3) is 10.9 Å². The molecule has 2 heterocycles. The van der Waals surface area contributed by atoms with Gasteiger partial charge in [0.05, 0.1) is 6.42 Å². The second kappa shape index (κ2) is 7.77. The normalized spacial score (nSPS) is 18.0. The van der Waals surface area contributed by atoms with Crippen molar-refractivity contribution in [3.8, 4) is 0 Å². The van der Waals surface area contributed by atoms with Gasteiger partial charge in [0, 0.05) is 46.2 Å². The molecule has 26 heavy (non-hydrogen) atoms. The summed E-state index contributed by atoms with van der Waals surface area (Å²) in [5.74, 6) is 1.14. The zero-order chi connectivity index (χ0) is 17.9. The molecule has 1 aliphatic heterocycles. The van der Waals surface area contributed by atoms with E-state index >= 15 is 0 Å². The fourth-order valence-corrected chi connectivity index (χ4v) is 5.16. The van der Waals surface area contributed by atoms with Crippen LogP contribution in [-0.2, 0) is 11.2 Å². The van der Waals surface area contributed by atoms with Gasteiger partial charge < -0.3 is 9.88 Å². The molecular weight excluding hydrogens is 364 g/mol. The molecule has 0 bridgehead atoms. The van der Waals surface area contributed by atoms with Crippen LogP contribution in [0.5, 0.6) is 0 Å². The average Bonchev–Trinajstić information content (AvgIpc) is 2.90. The lowest BCUT2D eigenvalue weighted by atomic mass is 10.1. The number of fused-ring (bicyclic) bond motifs is 1. The van der Waals surface area contributed by atoms with E-state index in [9.17, 15) is 4.79 Å². The van der Waals surface area contributed by atoms with Gasteiger partial charge in [-0.25, -0.2) is 0 Å². The van der Waals surface area contributed by atoms with Crippen LogP contribution in [0, 0.1) is 0 Å². The summed E-state index contributed by atoms with van der Waals surface area (Å²) in [7, 11) is 0. The molecule has 1 fully saturated rings. The molecule has 0 saturated carbocycles. The van der Waals surface area contributed by atoms with Gasteiger partial charge in [0.2, 0.25) is 5.91 Å². The summed E-state index contributed by atoms with van der Waals surface area (Å²) in [5.41, 5.74) is 3.34. The second-order valence-corrected chi connectivity index (χ2v) is 8.30. The molecule has 0 spiro atoms. The minimum atomic E-state index is 0.204. The van der Waals surface area contributed by atoms with Gasteiger partial charge >= 0.3 is 0 Å². The summed E-state index contributed by atoms with van der Waals surface area (Å²) in [5, 5.41) is 2.32. The molecule has 3 nitrogen and oxygen atoms in total. The smallest absolute Gasteiger partial charge is 0.227 e. The monoisotopic (exact) mass is 384 g/mol. The van der Waals surface area contributed by atoms with Crippen molar-refractivity contribution in [1.82, 2.24) is 9.88 Å². The third-order valence-electron chi connectivity index (χ3n) is 4.96. The van der Waals surface area contributed by atoms with Crippen LogP contribution >= 0.6 is 23.4 Å². The van der Waals surface area contributed by atoms with Gasteiger partial charge in [-0.3, -0.25) is 4.79 Å². The number of aromatic nitrogens is 1. The molecule has 2 aromatic carbocycles. The number of para-hydroxylation sites is 1. The van der Waals surface area contributed by atoms with Crippen molar-refractivity contribution < 1.29 is 4.79 Å². The predicted molar refractivity (Wildman–Crippen MR) is 110 cm³/mol. The Morgan fingerprint density at radius 1 is 1.15 bits per heavy atom. The first-order chi connectivity index (χ1) is 12.7. The Balaban J connectivity index is 1.44. The van der Waals surface area contributed by atoms with Crippen LogP contribution in [0.3, 0.4) is 0 Å². The maximum Gasteiger partial charge on any atom is 0.227 e. The van der Waals surface area contributed by atoms with Gasteiger partial charge in [0.1, 0.15) is 0 Å². The highest BCUT2D eigenvalue weighted by atomic mass is 35.5. The SMILES string of the molecule is O=C(Cc1c[nH]c2ccccc12)N1CCS[C@H](c2ccccc2Cl)CC1. The lowest BCUT2D eigenvalue weighted by Gasteiger charge is -2.20. The zero-order valence-corrected chi connectivity index (χ0v) is 16.0. The molecule has 0 radical (unpaired) electrons. The van der Waals surface area contributed by atoms with Crippen molar-refractivity contribution in [2.24, 2.45) is 0 Å². The summed E-state index contributed by atoms with van der Waals surface area (Å²) >= 11 is 8.26. The molecule has 1 N–H and O–H groups in total. The molecule has 1 aromatic heterocycles. The van der Waals surface area contributed by atoms with E-state index in [1.54, 1.807) is 0 Å². The van der Waals surface area contributed by atoms with Gasteiger partial charge in [0.25, 0.3) is 0 Å². The third kappa shape index (κ3) is 3.62. The number of amides is 1. The number of halogens is 1. The predicted octanol–water partition coefficient (Wildman–Crippen LogP) is 5.07. The van der Waals surface area contributed by atoms with E-state index in [0.29, 0.717) is 11.7 Å². The molecule has 3 aromatic rings. The molecule has 1 atom stereocenters. The minimum Gasteiger partial charge on any atom is -0.361 e. The van der Waals surface area contributed by atoms with Crippen LogP contribution in [0.1, 0.15) is 22.8 Å². The Morgan fingerprint density at radius 2 is 1.96 bits per heavy atom. The Kier molecular flexibility index (Phi) is 5.23. The number of hydrogen-bond donors (Lipinski definition) is 1. The Morgan fingerprint density at radius 3 is 2.85 bits per heavy atom. The number of H-pyrrole nitrogens is 1. The van der Waals surface area contributed by atoms with Crippen LogP contribution in [-0.4, -0.2) is 34.6 Å². The average molecular weight is 385 g/mol. The van der Waals surface area contributed by atoms with E-state index in [-0.39, 0.29) is 5.91 Å². The molecule has 5 heteroatoms. The number of thioether (sulfide) groups is 1. The number of benzene rings is 2. The maximum absolute atomic E-state index is 12.8. The number of hydrogen-bond acceptors (Lipinski definition) is 2.